The zero-order valence-corrected chi connectivity index (χ0v) is 11.9. The number of hydrogen-bond donors (Lipinski definition) is 0. The van der Waals surface area contributed by atoms with E-state index < -0.39 is 0 Å². The van der Waals surface area contributed by atoms with Crippen LogP contribution in [0.1, 0.15) is 19.4 Å². The fraction of sp³-hybridized carbons (Fsp3) is 0.176. The van der Waals surface area contributed by atoms with Crippen molar-refractivity contribution in [2.45, 2.75) is 20.8 Å². The second kappa shape index (κ2) is 5.58. The van der Waals surface area contributed by atoms with Gasteiger partial charge in [0.15, 0.2) is 5.42 Å². The van der Waals surface area contributed by atoms with E-state index in [1.165, 1.54) is 5.56 Å². The normalized spacial score (nSPS) is 11.2. The van der Waals surface area contributed by atoms with Crippen LogP contribution in [0.5, 0.6) is 0 Å². The van der Waals surface area contributed by atoms with E-state index in [0.717, 1.165) is 11.1 Å². The molecule has 3 heteroatoms. The largest absolute Gasteiger partial charge is 0.436 e. The maximum atomic E-state index is 8.83. The van der Waals surface area contributed by atoms with Crippen LogP contribution in [-0.2, 0) is 0 Å². The Hall–Kier alpha value is -2.60. The summed E-state index contributed by atoms with van der Waals surface area (Å²) in [6, 6.07) is 9.96. The zero-order chi connectivity index (χ0) is 14.7. The first-order valence-corrected chi connectivity index (χ1v) is 6.33. The van der Waals surface area contributed by atoms with Gasteiger partial charge in [-0.05, 0) is 44.6 Å². The molecule has 0 radical (unpaired) electrons. The van der Waals surface area contributed by atoms with Gasteiger partial charge in [0.2, 0.25) is 5.89 Å². The molecular formula is C17H16N2O. The molecule has 0 aliphatic carbocycles. The molecule has 0 spiro atoms. The fourth-order valence-corrected chi connectivity index (χ4v) is 1.80. The third-order valence-corrected chi connectivity index (χ3v) is 2.86. The molecule has 2 aromatic rings. The van der Waals surface area contributed by atoms with Crippen LogP contribution in [0.15, 0.2) is 40.8 Å². The van der Waals surface area contributed by atoms with E-state index in [-0.39, 0.29) is 0 Å². The van der Waals surface area contributed by atoms with Gasteiger partial charge >= 0.3 is 0 Å². The minimum atomic E-state index is 0.358. The number of aromatic nitrogens is 1. The molecule has 0 unspecified atom stereocenters. The molecule has 0 bridgehead atoms. The molecule has 2 rings (SSSR count). The quantitative estimate of drug-likeness (QED) is 0.784. The van der Waals surface area contributed by atoms with Crippen LogP contribution < -0.4 is 10.8 Å². The summed E-state index contributed by atoms with van der Waals surface area (Å²) in [5.41, 5.74) is 4.16. The molecule has 100 valence electrons. The topological polar surface area (TPSA) is 49.8 Å². The summed E-state index contributed by atoms with van der Waals surface area (Å²) in [6.45, 7) is 9.59. The third-order valence-electron chi connectivity index (χ3n) is 2.86. The van der Waals surface area contributed by atoms with Crippen molar-refractivity contribution >= 4 is 11.6 Å². The number of nitriles is 1. The van der Waals surface area contributed by atoms with Gasteiger partial charge in [-0.3, -0.25) is 0 Å². The van der Waals surface area contributed by atoms with E-state index in [9.17, 15) is 0 Å². The van der Waals surface area contributed by atoms with Crippen molar-refractivity contribution in [3.05, 3.63) is 52.7 Å². The Bertz CT molecular complexity index is 798. The number of rotatable bonds is 2. The van der Waals surface area contributed by atoms with E-state index >= 15 is 0 Å². The number of allylic oxidation sites excluding steroid dienone is 1. The molecule has 0 fully saturated rings. The van der Waals surface area contributed by atoms with Crippen molar-refractivity contribution in [1.82, 2.24) is 4.98 Å². The third kappa shape index (κ3) is 2.86. The molecule has 0 aliphatic heterocycles. The maximum Gasteiger partial charge on any atom is 0.227 e. The molecule has 0 saturated heterocycles. The van der Waals surface area contributed by atoms with E-state index in [1.54, 1.807) is 6.08 Å². The van der Waals surface area contributed by atoms with Gasteiger partial charge in [0.25, 0.3) is 0 Å². The lowest BCUT2D eigenvalue weighted by Crippen LogP contribution is -2.23. The Morgan fingerprint density at radius 2 is 1.95 bits per heavy atom. The second-order valence-electron chi connectivity index (χ2n) is 4.88. The first-order chi connectivity index (χ1) is 9.51. The van der Waals surface area contributed by atoms with Gasteiger partial charge < -0.3 is 4.42 Å². The molecule has 1 aromatic heterocycles. The Kier molecular flexibility index (Phi) is 3.86. The highest BCUT2D eigenvalue weighted by molar-refractivity contribution is 5.57. The summed E-state index contributed by atoms with van der Waals surface area (Å²) in [6.07, 6.45) is 1.64. The van der Waals surface area contributed by atoms with Gasteiger partial charge in [-0.1, -0.05) is 24.3 Å². The Morgan fingerprint density at radius 1 is 1.30 bits per heavy atom. The van der Waals surface area contributed by atoms with Crippen LogP contribution >= 0.6 is 0 Å². The highest BCUT2D eigenvalue weighted by atomic mass is 16.3. The van der Waals surface area contributed by atoms with Crippen LogP contribution in [0.3, 0.4) is 0 Å². The van der Waals surface area contributed by atoms with Crippen molar-refractivity contribution in [3.8, 4) is 17.5 Å². The number of nitrogens with zero attached hydrogens (tertiary/aromatic N) is 2. The highest BCUT2D eigenvalue weighted by Gasteiger charge is 2.06. The number of aryl methyl sites for hydroxylation is 1. The van der Waals surface area contributed by atoms with Crippen LogP contribution in [0.2, 0.25) is 0 Å². The van der Waals surface area contributed by atoms with E-state index in [4.69, 9.17) is 9.68 Å². The second-order valence-corrected chi connectivity index (χ2v) is 4.88. The Labute approximate surface area is 118 Å². The SMILES string of the molecule is C=C(C#N)/C=c1/nc(-c2ccc(C)cc2)oc1=C(C)C. The molecule has 0 saturated carbocycles. The van der Waals surface area contributed by atoms with Crippen LogP contribution in [0.4, 0.5) is 0 Å². The number of benzene rings is 1. The molecule has 0 N–H and O–H groups in total. The molecular weight excluding hydrogens is 248 g/mol. The summed E-state index contributed by atoms with van der Waals surface area (Å²) in [5.74, 6) is 0.554. The van der Waals surface area contributed by atoms with Gasteiger partial charge in [0, 0.05) is 11.1 Å². The lowest BCUT2D eigenvalue weighted by atomic mass is 10.1. The van der Waals surface area contributed by atoms with Gasteiger partial charge in [0.05, 0.1) is 6.07 Å². The maximum absolute atomic E-state index is 8.83. The lowest BCUT2D eigenvalue weighted by molar-refractivity contribution is 0.537. The van der Waals surface area contributed by atoms with E-state index in [1.807, 2.05) is 51.1 Å². The monoisotopic (exact) mass is 264 g/mol. The lowest BCUT2D eigenvalue weighted by Gasteiger charge is -1.95. The first-order valence-electron chi connectivity index (χ1n) is 6.33. The Balaban J connectivity index is 2.66. The summed E-state index contributed by atoms with van der Waals surface area (Å²) < 4.78 is 5.82. The van der Waals surface area contributed by atoms with Crippen molar-refractivity contribution in [2.75, 3.05) is 0 Å². The minimum absolute atomic E-state index is 0.358. The molecule has 0 atom stereocenters. The van der Waals surface area contributed by atoms with Crippen molar-refractivity contribution in [2.24, 2.45) is 0 Å². The van der Waals surface area contributed by atoms with Crippen LogP contribution in [0, 0.1) is 18.3 Å². The van der Waals surface area contributed by atoms with Gasteiger partial charge in [-0.25, -0.2) is 4.98 Å². The summed E-state index contributed by atoms with van der Waals surface area (Å²) in [5, 5.41) is 9.48. The summed E-state index contributed by atoms with van der Waals surface area (Å²) in [4.78, 5) is 4.46. The van der Waals surface area contributed by atoms with Gasteiger partial charge in [0.1, 0.15) is 5.35 Å². The fourth-order valence-electron chi connectivity index (χ4n) is 1.80. The smallest absolute Gasteiger partial charge is 0.227 e. The standard InChI is InChI=1S/C17H16N2O/c1-11(2)16-15(9-13(4)10-18)19-17(20-16)14-7-5-12(3)6-8-14/h5-9H,4H2,1-3H3/b15-9+. The summed E-state index contributed by atoms with van der Waals surface area (Å²) >= 11 is 0. The average molecular weight is 264 g/mol. The predicted octanol–water partition coefficient (Wildman–Crippen LogP) is 2.70. The van der Waals surface area contributed by atoms with Crippen molar-refractivity contribution < 1.29 is 4.42 Å². The predicted molar refractivity (Wildman–Crippen MR) is 79.9 cm³/mol. The summed E-state index contributed by atoms with van der Waals surface area (Å²) in [7, 11) is 0. The van der Waals surface area contributed by atoms with Crippen molar-refractivity contribution in [1.29, 1.82) is 5.26 Å². The molecule has 1 aromatic carbocycles. The molecule has 0 amide bonds. The highest BCUT2D eigenvalue weighted by Crippen LogP contribution is 2.15. The Morgan fingerprint density at radius 3 is 2.50 bits per heavy atom. The average Bonchev–Trinajstić information content (AvgIpc) is 2.83. The van der Waals surface area contributed by atoms with Crippen LogP contribution in [0.25, 0.3) is 23.1 Å². The molecule has 0 aliphatic rings. The van der Waals surface area contributed by atoms with E-state index in [2.05, 4.69) is 11.6 Å². The minimum Gasteiger partial charge on any atom is -0.436 e. The van der Waals surface area contributed by atoms with Crippen LogP contribution in [-0.4, -0.2) is 4.98 Å². The zero-order valence-electron chi connectivity index (χ0n) is 11.9. The molecule has 20 heavy (non-hydrogen) atoms. The van der Waals surface area contributed by atoms with Gasteiger partial charge in [-0.15, -0.1) is 0 Å². The molecule has 3 nitrogen and oxygen atoms in total. The number of hydrogen-bond acceptors (Lipinski definition) is 3. The van der Waals surface area contributed by atoms with Crippen molar-refractivity contribution in [3.63, 3.8) is 0 Å². The van der Waals surface area contributed by atoms with E-state index in [0.29, 0.717) is 22.2 Å². The molecule has 1 heterocycles. The van der Waals surface area contributed by atoms with Gasteiger partial charge in [-0.2, -0.15) is 5.26 Å². The first kappa shape index (κ1) is 13.8. The number of oxazole rings is 1.